The Morgan fingerprint density at radius 2 is 1.74 bits per heavy atom. The van der Waals surface area contributed by atoms with Crippen LogP contribution in [0, 0.1) is 0 Å². The number of rotatable bonds is 8. The van der Waals surface area contributed by atoms with Crippen molar-refractivity contribution in [2.75, 3.05) is 0 Å². The van der Waals surface area contributed by atoms with E-state index in [-0.39, 0.29) is 25.2 Å². The third-order valence-electron chi connectivity index (χ3n) is 2.97. The molecule has 0 aliphatic heterocycles. The van der Waals surface area contributed by atoms with Crippen molar-refractivity contribution in [1.29, 1.82) is 0 Å². The van der Waals surface area contributed by atoms with Gasteiger partial charge in [0.15, 0.2) is 11.7 Å². The summed E-state index contributed by atoms with van der Waals surface area (Å²) in [6.45, 7) is 0.149. The molecule has 0 saturated carbocycles. The predicted molar refractivity (Wildman–Crippen MR) is 83.8 cm³/mol. The Morgan fingerprint density at radius 3 is 2.43 bits per heavy atom. The van der Waals surface area contributed by atoms with Crippen LogP contribution < -0.4 is 4.74 Å². The summed E-state index contributed by atoms with van der Waals surface area (Å²) >= 11 is 0. The van der Waals surface area contributed by atoms with Gasteiger partial charge in [-0.1, -0.05) is 30.3 Å². The second kappa shape index (κ2) is 8.41. The van der Waals surface area contributed by atoms with Crippen molar-refractivity contribution < 1.29 is 24.2 Å². The van der Waals surface area contributed by atoms with Crippen LogP contribution in [0.15, 0.2) is 60.4 Å². The Labute approximate surface area is 133 Å². The second-order valence-electron chi connectivity index (χ2n) is 4.77. The van der Waals surface area contributed by atoms with Crippen molar-refractivity contribution in [3.05, 3.63) is 65.9 Å². The van der Waals surface area contributed by atoms with Gasteiger partial charge in [-0.3, -0.25) is 4.79 Å². The first-order valence-corrected chi connectivity index (χ1v) is 7.08. The number of carbonyl (C=O) groups excluding carboxylic acids is 1. The van der Waals surface area contributed by atoms with Crippen LogP contribution >= 0.6 is 0 Å². The fourth-order valence-corrected chi connectivity index (χ4v) is 1.87. The average Bonchev–Trinajstić information content (AvgIpc) is 2.56. The number of hydrogen-bond donors (Lipinski definition) is 1. The molecule has 0 aromatic heterocycles. The van der Waals surface area contributed by atoms with Crippen molar-refractivity contribution in [1.82, 2.24) is 0 Å². The van der Waals surface area contributed by atoms with Gasteiger partial charge in [0.2, 0.25) is 0 Å². The molecule has 2 aromatic carbocycles. The number of ether oxygens (including phenoxy) is 2. The molecule has 0 spiro atoms. The molecule has 0 bridgehead atoms. The monoisotopic (exact) mass is 312 g/mol. The van der Waals surface area contributed by atoms with Gasteiger partial charge in [0, 0.05) is 6.42 Å². The zero-order valence-corrected chi connectivity index (χ0v) is 12.4. The zero-order valence-electron chi connectivity index (χ0n) is 12.4. The third-order valence-corrected chi connectivity index (χ3v) is 2.97. The molecule has 0 unspecified atom stereocenters. The summed E-state index contributed by atoms with van der Waals surface area (Å²) in [5.74, 6) is 2.02. The molecule has 0 atom stereocenters. The van der Waals surface area contributed by atoms with Gasteiger partial charge in [-0.05, 0) is 29.8 Å². The van der Waals surface area contributed by atoms with Crippen molar-refractivity contribution >= 4 is 11.9 Å². The van der Waals surface area contributed by atoms with E-state index in [1.165, 1.54) is 0 Å². The van der Waals surface area contributed by atoms with E-state index in [0.717, 1.165) is 11.3 Å². The largest absolute Gasteiger partial charge is 0.482 e. The van der Waals surface area contributed by atoms with E-state index < -0.39 is 5.97 Å². The van der Waals surface area contributed by atoms with E-state index in [0.29, 0.717) is 5.75 Å². The normalized spacial score (nSPS) is 9.74. The fourth-order valence-electron chi connectivity index (χ4n) is 1.87. The first-order valence-electron chi connectivity index (χ1n) is 7.08. The van der Waals surface area contributed by atoms with E-state index in [4.69, 9.17) is 14.6 Å². The summed E-state index contributed by atoms with van der Waals surface area (Å²) in [4.78, 5) is 21.2. The SMILES string of the molecule is O=C=C(CCC(=O)O)OCc1cccc(Oc2ccccc2)c1. The lowest BCUT2D eigenvalue weighted by atomic mass is 10.2. The molecule has 0 aliphatic carbocycles. The number of hydrogen-bond acceptors (Lipinski definition) is 4. The molecular formula is C18H16O5. The molecule has 2 rings (SSSR count). The summed E-state index contributed by atoms with van der Waals surface area (Å²) in [6, 6.07) is 16.6. The van der Waals surface area contributed by atoms with Crippen molar-refractivity contribution in [2.24, 2.45) is 0 Å². The van der Waals surface area contributed by atoms with Crippen molar-refractivity contribution in [3.63, 3.8) is 0 Å². The van der Waals surface area contributed by atoms with E-state index in [9.17, 15) is 9.59 Å². The standard InChI is InChI=1S/C18H16O5/c19-12-17(9-10-18(20)21)22-13-14-5-4-8-16(11-14)23-15-6-2-1-3-7-15/h1-8,11H,9-10,13H2,(H,20,21). The highest BCUT2D eigenvalue weighted by Gasteiger charge is 2.06. The van der Waals surface area contributed by atoms with Crippen LogP contribution in [0.2, 0.25) is 0 Å². The molecule has 0 heterocycles. The summed E-state index contributed by atoms with van der Waals surface area (Å²) < 4.78 is 11.0. The molecular weight excluding hydrogens is 296 g/mol. The van der Waals surface area contributed by atoms with Gasteiger partial charge in [-0.2, -0.15) is 0 Å². The van der Waals surface area contributed by atoms with Gasteiger partial charge in [0.25, 0.3) is 0 Å². The maximum Gasteiger partial charge on any atom is 0.303 e. The Morgan fingerprint density at radius 1 is 1.00 bits per heavy atom. The van der Waals surface area contributed by atoms with E-state index >= 15 is 0 Å². The van der Waals surface area contributed by atoms with Gasteiger partial charge in [0.1, 0.15) is 18.1 Å². The lowest BCUT2D eigenvalue weighted by Crippen LogP contribution is -2.00. The van der Waals surface area contributed by atoms with Gasteiger partial charge < -0.3 is 14.6 Å². The minimum atomic E-state index is -0.986. The van der Waals surface area contributed by atoms with E-state index in [1.54, 1.807) is 12.0 Å². The molecule has 0 amide bonds. The summed E-state index contributed by atoms with van der Waals surface area (Å²) in [7, 11) is 0. The van der Waals surface area contributed by atoms with Gasteiger partial charge in [0.05, 0.1) is 6.42 Å². The second-order valence-corrected chi connectivity index (χ2v) is 4.77. The molecule has 0 aliphatic rings. The van der Waals surface area contributed by atoms with Crippen LogP contribution in [0.3, 0.4) is 0 Å². The van der Waals surface area contributed by atoms with Crippen LogP contribution in [-0.2, 0) is 20.9 Å². The third kappa shape index (κ3) is 5.69. The van der Waals surface area contributed by atoms with E-state index in [2.05, 4.69) is 0 Å². The molecule has 0 radical (unpaired) electrons. The summed E-state index contributed by atoms with van der Waals surface area (Å²) in [5.41, 5.74) is 0.807. The number of aliphatic carboxylic acids is 1. The highest BCUT2D eigenvalue weighted by atomic mass is 16.5. The molecule has 23 heavy (non-hydrogen) atoms. The Bertz CT molecular complexity index is 702. The van der Waals surface area contributed by atoms with Crippen LogP contribution in [0.25, 0.3) is 0 Å². The number of allylic oxidation sites excluding steroid dienone is 1. The number of benzene rings is 2. The highest BCUT2D eigenvalue weighted by molar-refractivity contribution is 5.67. The highest BCUT2D eigenvalue weighted by Crippen LogP contribution is 2.22. The molecule has 0 fully saturated rings. The minimum Gasteiger partial charge on any atom is -0.482 e. The molecule has 5 heteroatoms. The lowest BCUT2D eigenvalue weighted by Gasteiger charge is -2.09. The van der Waals surface area contributed by atoms with Gasteiger partial charge >= 0.3 is 5.97 Å². The van der Waals surface area contributed by atoms with Crippen LogP contribution in [-0.4, -0.2) is 17.0 Å². The Hall–Kier alpha value is -3.04. The molecule has 0 saturated heterocycles. The first kappa shape index (κ1) is 16.3. The minimum absolute atomic E-state index is 0.00165. The average molecular weight is 312 g/mol. The fraction of sp³-hybridized carbons (Fsp3) is 0.167. The molecule has 118 valence electrons. The number of carboxylic acid groups (broad SMARTS) is 1. The predicted octanol–water partition coefficient (Wildman–Crippen LogP) is 3.58. The van der Waals surface area contributed by atoms with Gasteiger partial charge in [-0.25, -0.2) is 4.79 Å². The molecule has 1 N–H and O–H groups in total. The topological polar surface area (TPSA) is 72.8 Å². The maximum atomic E-state index is 10.7. The van der Waals surface area contributed by atoms with Crippen LogP contribution in [0.1, 0.15) is 18.4 Å². The first-order chi connectivity index (χ1) is 11.2. The number of carbonyl (C=O) groups is 1. The molecule has 2 aromatic rings. The van der Waals surface area contributed by atoms with E-state index in [1.807, 2.05) is 48.5 Å². The summed E-state index contributed by atoms with van der Waals surface area (Å²) in [6.07, 6.45) is -0.138. The van der Waals surface area contributed by atoms with Crippen molar-refractivity contribution in [3.8, 4) is 11.5 Å². The van der Waals surface area contributed by atoms with Crippen LogP contribution in [0.4, 0.5) is 0 Å². The zero-order chi connectivity index (χ0) is 16.5. The lowest BCUT2D eigenvalue weighted by molar-refractivity contribution is -0.137. The Kier molecular flexibility index (Phi) is 5.98. The van der Waals surface area contributed by atoms with Crippen molar-refractivity contribution in [2.45, 2.75) is 19.4 Å². The van der Waals surface area contributed by atoms with Gasteiger partial charge in [-0.15, -0.1) is 0 Å². The Balaban J connectivity index is 1.94. The maximum absolute atomic E-state index is 10.7. The number of carboxylic acids is 1. The van der Waals surface area contributed by atoms with Crippen LogP contribution in [0.5, 0.6) is 11.5 Å². The molecule has 5 nitrogen and oxygen atoms in total. The number of para-hydroxylation sites is 1. The smallest absolute Gasteiger partial charge is 0.303 e. The summed E-state index contributed by atoms with van der Waals surface area (Å²) in [5, 5.41) is 8.60. The quantitative estimate of drug-likeness (QED) is 0.596.